The number of carbonyl (C=O) groups excluding carboxylic acids is 2. The molecular formula is C25H24N2O4. The smallest absolute Gasteiger partial charge is 0.255 e. The molecule has 0 atom stereocenters. The highest BCUT2D eigenvalue weighted by Crippen LogP contribution is 2.31. The molecule has 0 spiro atoms. The Morgan fingerprint density at radius 2 is 1.77 bits per heavy atom. The Balaban J connectivity index is 1.39. The van der Waals surface area contributed by atoms with E-state index < -0.39 is 0 Å². The summed E-state index contributed by atoms with van der Waals surface area (Å²) in [6.45, 7) is 1.31. The molecule has 0 aliphatic carbocycles. The van der Waals surface area contributed by atoms with Crippen LogP contribution in [0.4, 0.5) is 5.69 Å². The van der Waals surface area contributed by atoms with Crippen LogP contribution in [0.5, 0.6) is 17.2 Å². The van der Waals surface area contributed by atoms with Crippen molar-refractivity contribution in [1.82, 2.24) is 4.90 Å². The van der Waals surface area contributed by atoms with Gasteiger partial charge < -0.3 is 19.7 Å². The first kappa shape index (κ1) is 20.5. The molecule has 0 unspecified atom stereocenters. The topological polar surface area (TPSA) is 67.9 Å². The molecule has 0 saturated carbocycles. The van der Waals surface area contributed by atoms with Crippen molar-refractivity contribution in [3.05, 3.63) is 83.9 Å². The molecule has 6 nitrogen and oxygen atoms in total. The lowest BCUT2D eigenvalue weighted by Gasteiger charge is -2.16. The lowest BCUT2D eigenvalue weighted by Crippen LogP contribution is -2.24. The number of hydrogen-bond acceptors (Lipinski definition) is 4. The van der Waals surface area contributed by atoms with Gasteiger partial charge in [-0.1, -0.05) is 24.3 Å². The summed E-state index contributed by atoms with van der Waals surface area (Å²) in [7, 11) is 1.60. The van der Waals surface area contributed by atoms with Gasteiger partial charge in [-0.25, -0.2) is 0 Å². The number of benzene rings is 3. The number of carbonyl (C=O) groups is 2. The van der Waals surface area contributed by atoms with E-state index >= 15 is 0 Å². The second-order valence-corrected chi connectivity index (χ2v) is 7.35. The van der Waals surface area contributed by atoms with Gasteiger partial charge >= 0.3 is 0 Å². The van der Waals surface area contributed by atoms with E-state index in [4.69, 9.17) is 9.47 Å². The molecule has 1 heterocycles. The van der Waals surface area contributed by atoms with Gasteiger partial charge in [-0.05, 0) is 60.5 Å². The van der Waals surface area contributed by atoms with Gasteiger partial charge in [0.05, 0.1) is 7.11 Å². The van der Waals surface area contributed by atoms with Gasteiger partial charge in [0, 0.05) is 30.8 Å². The molecule has 2 amide bonds. The number of likely N-dealkylation sites (tertiary alicyclic amines) is 1. The number of amides is 2. The predicted octanol–water partition coefficient (Wildman–Crippen LogP) is 4.86. The summed E-state index contributed by atoms with van der Waals surface area (Å²) in [6, 6.07) is 21.9. The summed E-state index contributed by atoms with van der Waals surface area (Å²) in [4.78, 5) is 26.4. The van der Waals surface area contributed by atoms with Gasteiger partial charge in [0.15, 0.2) is 11.5 Å². The zero-order valence-corrected chi connectivity index (χ0v) is 17.3. The third kappa shape index (κ3) is 5.04. The molecule has 4 rings (SSSR count). The van der Waals surface area contributed by atoms with E-state index in [9.17, 15) is 9.59 Å². The number of ether oxygens (including phenoxy) is 2. The van der Waals surface area contributed by atoms with E-state index in [1.54, 1.807) is 37.4 Å². The first-order valence-corrected chi connectivity index (χ1v) is 10.2. The number of nitrogens with zero attached hydrogens (tertiary/aromatic N) is 1. The van der Waals surface area contributed by atoms with Crippen LogP contribution < -0.4 is 14.8 Å². The molecule has 1 aliphatic heterocycles. The highest BCUT2D eigenvalue weighted by atomic mass is 16.5. The van der Waals surface area contributed by atoms with Crippen LogP contribution in [0.25, 0.3) is 0 Å². The number of methoxy groups -OCH3 is 1. The third-order valence-corrected chi connectivity index (χ3v) is 5.14. The minimum Gasteiger partial charge on any atom is -0.493 e. The Bertz CT molecular complexity index is 1080. The van der Waals surface area contributed by atoms with E-state index in [0.717, 1.165) is 18.5 Å². The van der Waals surface area contributed by atoms with Crippen molar-refractivity contribution < 1.29 is 19.1 Å². The Hall–Kier alpha value is -3.80. The summed E-state index contributed by atoms with van der Waals surface area (Å²) in [5, 5.41) is 2.90. The minimum atomic E-state index is -0.201. The summed E-state index contributed by atoms with van der Waals surface area (Å²) >= 11 is 0. The zero-order chi connectivity index (χ0) is 21.6. The van der Waals surface area contributed by atoms with Crippen LogP contribution in [0.3, 0.4) is 0 Å². The maximum Gasteiger partial charge on any atom is 0.255 e. The standard InChI is InChI=1S/C25H24N2O4/c1-30-22-8-2-3-9-23(22)31-21-13-11-20(12-14-21)26-25(29)19-7-4-6-18(16-19)17-27-15-5-10-24(27)28/h2-4,6-9,11-14,16H,5,10,15,17H2,1H3,(H,26,29). The van der Waals surface area contributed by atoms with Crippen molar-refractivity contribution in [2.75, 3.05) is 19.0 Å². The van der Waals surface area contributed by atoms with Crippen molar-refractivity contribution in [2.24, 2.45) is 0 Å². The molecule has 1 fully saturated rings. The largest absolute Gasteiger partial charge is 0.493 e. The zero-order valence-electron chi connectivity index (χ0n) is 17.3. The molecule has 3 aromatic rings. The normalized spacial score (nSPS) is 13.2. The van der Waals surface area contributed by atoms with Crippen LogP contribution >= 0.6 is 0 Å². The summed E-state index contributed by atoms with van der Waals surface area (Å²) < 4.78 is 11.2. The van der Waals surface area contributed by atoms with Crippen molar-refractivity contribution in [1.29, 1.82) is 0 Å². The maximum atomic E-state index is 12.7. The Labute approximate surface area is 181 Å². The van der Waals surface area contributed by atoms with Crippen LogP contribution in [0.15, 0.2) is 72.8 Å². The van der Waals surface area contributed by atoms with Crippen LogP contribution in [0.1, 0.15) is 28.8 Å². The molecule has 0 aromatic heterocycles. The number of para-hydroxylation sites is 2. The fourth-order valence-electron chi connectivity index (χ4n) is 3.54. The van der Waals surface area contributed by atoms with Gasteiger partial charge in [0.1, 0.15) is 5.75 Å². The summed E-state index contributed by atoms with van der Waals surface area (Å²) in [5.41, 5.74) is 2.17. The molecule has 6 heteroatoms. The van der Waals surface area contributed by atoms with Crippen molar-refractivity contribution in [2.45, 2.75) is 19.4 Å². The van der Waals surface area contributed by atoms with E-state index in [1.807, 2.05) is 47.4 Å². The van der Waals surface area contributed by atoms with Crippen LogP contribution in [0.2, 0.25) is 0 Å². The van der Waals surface area contributed by atoms with Crippen LogP contribution in [0, 0.1) is 0 Å². The molecule has 0 radical (unpaired) electrons. The highest BCUT2D eigenvalue weighted by molar-refractivity contribution is 6.04. The highest BCUT2D eigenvalue weighted by Gasteiger charge is 2.20. The van der Waals surface area contributed by atoms with Crippen molar-refractivity contribution in [3.8, 4) is 17.2 Å². The second kappa shape index (κ2) is 9.34. The van der Waals surface area contributed by atoms with Crippen LogP contribution in [-0.4, -0.2) is 30.4 Å². The monoisotopic (exact) mass is 416 g/mol. The molecule has 3 aromatic carbocycles. The van der Waals surface area contributed by atoms with E-state index in [-0.39, 0.29) is 11.8 Å². The van der Waals surface area contributed by atoms with Gasteiger partial charge in [-0.3, -0.25) is 9.59 Å². The fraction of sp³-hybridized carbons (Fsp3) is 0.200. The molecule has 1 saturated heterocycles. The quantitative estimate of drug-likeness (QED) is 0.597. The predicted molar refractivity (Wildman–Crippen MR) is 119 cm³/mol. The van der Waals surface area contributed by atoms with Crippen molar-refractivity contribution in [3.63, 3.8) is 0 Å². The molecule has 0 bridgehead atoms. The molecular weight excluding hydrogens is 392 g/mol. The molecule has 1 N–H and O–H groups in total. The lowest BCUT2D eigenvalue weighted by molar-refractivity contribution is -0.128. The Kier molecular flexibility index (Phi) is 6.17. The molecule has 1 aliphatic rings. The minimum absolute atomic E-state index is 0.172. The number of rotatable bonds is 7. The van der Waals surface area contributed by atoms with Gasteiger partial charge in [-0.2, -0.15) is 0 Å². The molecule has 31 heavy (non-hydrogen) atoms. The Morgan fingerprint density at radius 1 is 1.00 bits per heavy atom. The van der Waals surface area contributed by atoms with Crippen molar-refractivity contribution >= 4 is 17.5 Å². The maximum absolute atomic E-state index is 12.7. The second-order valence-electron chi connectivity index (χ2n) is 7.35. The lowest BCUT2D eigenvalue weighted by atomic mass is 10.1. The fourth-order valence-corrected chi connectivity index (χ4v) is 3.54. The van der Waals surface area contributed by atoms with E-state index in [0.29, 0.717) is 41.5 Å². The van der Waals surface area contributed by atoms with E-state index in [2.05, 4.69) is 5.32 Å². The summed E-state index contributed by atoms with van der Waals surface area (Å²) in [5.74, 6) is 1.88. The van der Waals surface area contributed by atoms with E-state index in [1.165, 1.54) is 0 Å². The van der Waals surface area contributed by atoms with Gasteiger partial charge in [0.2, 0.25) is 5.91 Å². The number of hydrogen-bond donors (Lipinski definition) is 1. The summed E-state index contributed by atoms with van der Waals surface area (Å²) in [6.07, 6.45) is 1.51. The van der Waals surface area contributed by atoms with Gasteiger partial charge in [0.25, 0.3) is 5.91 Å². The number of nitrogens with one attached hydrogen (secondary N) is 1. The third-order valence-electron chi connectivity index (χ3n) is 5.14. The average molecular weight is 416 g/mol. The average Bonchev–Trinajstić information content (AvgIpc) is 3.20. The number of anilines is 1. The SMILES string of the molecule is COc1ccccc1Oc1ccc(NC(=O)c2cccc(CN3CCCC3=O)c2)cc1. The van der Waals surface area contributed by atoms with Crippen LogP contribution in [-0.2, 0) is 11.3 Å². The first-order valence-electron chi connectivity index (χ1n) is 10.2. The Morgan fingerprint density at radius 3 is 2.48 bits per heavy atom. The first-order chi connectivity index (χ1) is 15.1. The molecule has 158 valence electrons. The van der Waals surface area contributed by atoms with Gasteiger partial charge in [-0.15, -0.1) is 0 Å².